The fourth-order valence-corrected chi connectivity index (χ4v) is 4.66. The molecule has 0 unspecified atom stereocenters. The van der Waals surface area contributed by atoms with E-state index in [9.17, 15) is 13.2 Å². The van der Waals surface area contributed by atoms with Gasteiger partial charge in [-0.25, -0.2) is 8.42 Å². The second-order valence-corrected chi connectivity index (χ2v) is 9.17. The molecule has 1 N–H and O–H groups in total. The number of halogens is 1. The van der Waals surface area contributed by atoms with Gasteiger partial charge in [0.1, 0.15) is 6.54 Å². The molecule has 0 atom stereocenters. The van der Waals surface area contributed by atoms with Crippen molar-refractivity contribution in [1.29, 1.82) is 0 Å². The SMILES string of the molecule is O=C(CN(c1cccc(Br)c1)S(=O)(=O)c1ccccc1)NCCc1ccccc1. The van der Waals surface area contributed by atoms with E-state index >= 15 is 0 Å². The van der Waals surface area contributed by atoms with Crippen molar-refractivity contribution in [2.24, 2.45) is 0 Å². The number of sulfonamides is 1. The average molecular weight is 473 g/mol. The van der Waals surface area contributed by atoms with E-state index in [1.54, 1.807) is 42.5 Å². The van der Waals surface area contributed by atoms with Crippen LogP contribution in [0, 0.1) is 0 Å². The predicted octanol–water partition coefficient (Wildman–Crippen LogP) is 4.00. The number of carbonyl (C=O) groups excluding carboxylic acids is 1. The first kappa shape index (κ1) is 21.1. The van der Waals surface area contributed by atoms with Crippen LogP contribution in [0.4, 0.5) is 5.69 Å². The van der Waals surface area contributed by atoms with Crippen LogP contribution in [0.3, 0.4) is 0 Å². The Morgan fingerprint density at radius 3 is 2.21 bits per heavy atom. The zero-order chi connectivity index (χ0) is 20.7. The molecule has 0 aliphatic rings. The number of nitrogens with zero attached hydrogens (tertiary/aromatic N) is 1. The zero-order valence-corrected chi connectivity index (χ0v) is 18.1. The third kappa shape index (κ3) is 5.68. The van der Waals surface area contributed by atoms with Gasteiger partial charge in [-0.3, -0.25) is 9.10 Å². The highest BCUT2D eigenvalue weighted by atomic mass is 79.9. The zero-order valence-electron chi connectivity index (χ0n) is 15.7. The molecule has 0 fully saturated rings. The molecule has 0 aliphatic carbocycles. The van der Waals surface area contributed by atoms with Gasteiger partial charge in [-0.1, -0.05) is 70.5 Å². The molecule has 0 heterocycles. The van der Waals surface area contributed by atoms with Gasteiger partial charge in [-0.2, -0.15) is 0 Å². The third-order valence-corrected chi connectivity index (χ3v) is 6.57. The summed E-state index contributed by atoms with van der Waals surface area (Å²) in [6.45, 7) is 0.128. The van der Waals surface area contributed by atoms with Crippen LogP contribution in [0.1, 0.15) is 5.56 Å². The average Bonchev–Trinajstić information content (AvgIpc) is 2.73. The van der Waals surface area contributed by atoms with Gasteiger partial charge in [0.05, 0.1) is 10.6 Å². The third-order valence-electron chi connectivity index (χ3n) is 4.29. The molecule has 0 aliphatic heterocycles. The van der Waals surface area contributed by atoms with E-state index in [2.05, 4.69) is 21.2 Å². The lowest BCUT2D eigenvalue weighted by molar-refractivity contribution is -0.119. The highest BCUT2D eigenvalue weighted by Crippen LogP contribution is 2.26. The van der Waals surface area contributed by atoms with Gasteiger partial charge in [0.25, 0.3) is 10.0 Å². The maximum Gasteiger partial charge on any atom is 0.264 e. The largest absolute Gasteiger partial charge is 0.354 e. The van der Waals surface area contributed by atoms with Crippen molar-refractivity contribution in [3.05, 3.63) is 95.0 Å². The molecule has 0 bridgehead atoms. The minimum absolute atomic E-state index is 0.136. The molecular weight excluding hydrogens is 452 g/mol. The minimum atomic E-state index is -3.89. The molecule has 5 nitrogen and oxygen atoms in total. The number of hydrogen-bond acceptors (Lipinski definition) is 3. The summed E-state index contributed by atoms with van der Waals surface area (Å²) in [7, 11) is -3.89. The van der Waals surface area contributed by atoms with Crippen LogP contribution in [0.5, 0.6) is 0 Å². The van der Waals surface area contributed by atoms with Gasteiger partial charge < -0.3 is 5.32 Å². The minimum Gasteiger partial charge on any atom is -0.354 e. The van der Waals surface area contributed by atoms with Crippen molar-refractivity contribution in [3.63, 3.8) is 0 Å². The van der Waals surface area contributed by atoms with Crippen molar-refractivity contribution in [3.8, 4) is 0 Å². The van der Waals surface area contributed by atoms with Gasteiger partial charge in [0.15, 0.2) is 0 Å². The molecule has 3 aromatic rings. The quantitative estimate of drug-likeness (QED) is 0.538. The monoisotopic (exact) mass is 472 g/mol. The Bertz CT molecular complexity index is 1060. The van der Waals surface area contributed by atoms with Crippen LogP contribution in [-0.2, 0) is 21.2 Å². The van der Waals surface area contributed by atoms with Gasteiger partial charge in [-0.05, 0) is 42.3 Å². The number of benzene rings is 3. The van der Waals surface area contributed by atoms with Crippen molar-refractivity contribution in [2.45, 2.75) is 11.3 Å². The molecule has 0 radical (unpaired) electrons. The van der Waals surface area contributed by atoms with Crippen LogP contribution >= 0.6 is 15.9 Å². The number of amides is 1. The number of hydrogen-bond donors (Lipinski definition) is 1. The van der Waals surface area contributed by atoms with Crippen molar-refractivity contribution < 1.29 is 13.2 Å². The lowest BCUT2D eigenvalue weighted by Gasteiger charge is -2.24. The number of nitrogens with one attached hydrogen (secondary N) is 1. The molecule has 29 heavy (non-hydrogen) atoms. The van der Waals surface area contributed by atoms with Crippen LogP contribution in [0.15, 0.2) is 94.3 Å². The Labute approximate surface area is 179 Å². The summed E-state index contributed by atoms with van der Waals surface area (Å²) < 4.78 is 28.3. The van der Waals surface area contributed by atoms with Crippen molar-refractivity contribution >= 4 is 37.5 Å². The summed E-state index contributed by atoms with van der Waals surface area (Å²) >= 11 is 3.37. The van der Waals surface area contributed by atoms with E-state index in [1.807, 2.05) is 30.3 Å². The van der Waals surface area contributed by atoms with Crippen molar-refractivity contribution in [2.75, 3.05) is 17.4 Å². The molecular formula is C22H21BrN2O3S. The standard InChI is InChI=1S/C22H21BrN2O3S/c23-19-10-7-11-20(16-19)25(29(27,28)21-12-5-2-6-13-21)17-22(26)24-15-14-18-8-3-1-4-9-18/h1-13,16H,14-15,17H2,(H,24,26). The molecule has 0 aromatic heterocycles. The lowest BCUT2D eigenvalue weighted by atomic mass is 10.1. The molecule has 0 spiro atoms. The smallest absolute Gasteiger partial charge is 0.264 e. The van der Waals surface area contributed by atoms with E-state index in [0.717, 1.165) is 14.3 Å². The summed E-state index contributed by atoms with van der Waals surface area (Å²) in [6.07, 6.45) is 0.675. The summed E-state index contributed by atoms with van der Waals surface area (Å²) in [6, 6.07) is 24.8. The first-order valence-electron chi connectivity index (χ1n) is 9.11. The van der Waals surface area contributed by atoms with E-state index in [-0.39, 0.29) is 17.3 Å². The molecule has 7 heteroatoms. The second-order valence-electron chi connectivity index (χ2n) is 6.39. The molecule has 0 saturated carbocycles. The Morgan fingerprint density at radius 1 is 0.897 bits per heavy atom. The topological polar surface area (TPSA) is 66.5 Å². The fourth-order valence-electron chi connectivity index (χ4n) is 2.84. The molecule has 0 saturated heterocycles. The Kier molecular flexibility index (Phi) is 7.06. The van der Waals surface area contributed by atoms with Gasteiger partial charge in [0, 0.05) is 11.0 Å². The Hall–Kier alpha value is -2.64. The second kappa shape index (κ2) is 9.71. The number of anilines is 1. The van der Waals surface area contributed by atoms with Crippen LogP contribution < -0.4 is 9.62 Å². The Balaban J connectivity index is 1.77. The van der Waals surface area contributed by atoms with E-state index in [0.29, 0.717) is 18.7 Å². The maximum absolute atomic E-state index is 13.2. The van der Waals surface area contributed by atoms with Gasteiger partial charge in [-0.15, -0.1) is 0 Å². The van der Waals surface area contributed by atoms with Gasteiger partial charge >= 0.3 is 0 Å². The summed E-state index contributed by atoms with van der Waals surface area (Å²) in [5.41, 5.74) is 1.52. The van der Waals surface area contributed by atoms with Crippen molar-refractivity contribution in [1.82, 2.24) is 5.32 Å². The van der Waals surface area contributed by atoms with E-state index in [4.69, 9.17) is 0 Å². The van der Waals surface area contributed by atoms with Crippen LogP contribution in [0.25, 0.3) is 0 Å². The van der Waals surface area contributed by atoms with E-state index in [1.165, 1.54) is 12.1 Å². The Morgan fingerprint density at radius 2 is 1.55 bits per heavy atom. The fraction of sp³-hybridized carbons (Fsp3) is 0.136. The van der Waals surface area contributed by atoms with Crippen LogP contribution in [-0.4, -0.2) is 27.4 Å². The highest BCUT2D eigenvalue weighted by molar-refractivity contribution is 9.10. The molecule has 1 amide bonds. The predicted molar refractivity (Wildman–Crippen MR) is 118 cm³/mol. The number of carbonyl (C=O) groups is 1. The van der Waals surface area contributed by atoms with Gasteiger partial charge in [0.2, 0.25) is 5.91 Å². The molecule has 3 rings (SSSR count). The molecule has 3 aromatic carbocycles. The highest BCUT2D eigenvalue weighted by Gasteiger charge is 2.27. The first-order valence-corrected chi connectivity index (χ1v) is 11.3. The number of rotatable bonds is 8. The lowest BCUT2D eigenvalue weighted by Crippen LogP contribution is -2.41. The summed E-state index contributed by atoms with van der Waals surface area (Å²) in [5, 5.41) is 2.81. The first-order chi connectivity index (χ1) is 14.0. The maximum atomic E-state index is 13.2. The van der Waals surface area contributed by atoms with Crippen LogP contribution in [0.2, 0.25) is 0 Å². The summed E-state index contributed by atoms with van der Waals surface area (Å²) in [4.78, 5) is 12.7. The van der Waals surface area contributed by atoms with E-state index < -0.39 is 10.0 Å². The summed E-state index contributed by atoms with van der Waals surface area (Å²) in [5.74, 6) is -0.361. The normalized spacial score (nSPS) is 11.1. The molecule has 150 valence electrons.